The van der Waals surface area contributed by atoms with Crippen LogP contribution in [0.2, 0.25) is 0 Å². The molecule has 1 aliphatic heterocycles. The van der Waals surface area contributed by atoms with Crippen molar-refractivity contribution in [3.63, 3.8) is 0 Å². The average Bonchev–Trinajstić information content (AvgIpc) is 3.09. The molecule has 0 aliphatic carbocycles. The first kappa shape index (κ1) is 14.3. The van der Waals surface area contributed by atoms with Crippen molar-refractivity contribution in [3.8, 4) is 0 Å². The summed E-state index contributed by atoms with van der Waals surface area (Å²) >= 11 is 0. The van der Waals surface area contributed by atoms with Gasteiger partial charge in [-0.05, 0) is 31.0 Å². The second-order valence-corrected chi connectivity index (χ2v) is 5.20. The molecule has 0 bridgehead atoms. The van der Waals surface area contributed by atoms with Crippen molar-refractivity contribution in [1.82, 2.24) is 15.3 Å². The predicted octanol–water partition coefficient (Wildman–Crippen LogP) is 2.40. The summed E-state index contributed by atoms with van der Waals surface area (Å²) in [5.74, 6) is 1.56. The number of amides is 2. The van der Waals surface area contributed by atoms with E-state index in [4.69, 9.17) is 0 Å². The number of anilines is 2. The van der Waals surface area contributed by atoms with Gasteiger partial charge in [0.2, 0.25) is 0 Å². The molecule has 1 aliphatic rings. The van der Waals surface area contributed by atoms with Crippen LogP contribution in [0.3, 0.4) is 0 Å². The van der Waals surface area contributed by atoms with Crippen LogP contribution in [0.5, 0.6) is 0 Å². The number of hydrogen-bond acceptors (Lipinski definition) is 4. The van der Waals surface area contributed by atoms with Gasteiger partial charge in [-0.25, -0.2) is 14.8 Å². The third-order valence-electron chi connectivity index (χ3n) is 3.56. The number of rotatable bonds is 4. The highest BCUT2D eigenvalue weighted by Crippen LogP contribution is 2.16. The lowest BCUT2D eigenvalue weighted by atomic mass is 10.3. The molecule has 2 amide bonds. The fourth-order valence-corrected chi connectivity index (χ4v) is 2.45. The van der Waals surface area contributed by atoms with Gasteiger partial charge in [0.25, 0.3) is 0 Å². The number of urea groups is 1. The van der Waals surface area contributed by atoms with Gasteiger partial charge in [-0.15, -0.1) is 0 Å². The van der Waals surface area contributed by atoms with Crippen LogP contribution >= 0.6 is 0 Å². The van der Waals surface area contributed by atoms with Gasteiger partial charge in [0, 0.05) is 25.0 Å². The van der Waals surface area contributed by atoms with E-state index in [0.717, 1.165) is 24.6 Å². The fraction of sp³-hybridized carbons (Fsp3) is 0.312. The molecule has 6 heteroatoms. The van der Waals surface area contributed by atoms with Gasteiger partial charge < -0.3 is 15.5 Å². The summed E-state index contributed by atoms with van der Waals surface area (Å²) in [6.07, 6.45) is 4.15. The average molecular weight is 297 g/mol. The lowest BCUT2D eigenvalue weighted by Crippen LogP contribution is -2.29. The molecule has 2 N–H and O–H groups in total. The molecule has 3 rings (SSSR count). The van der Waals surface area contributed by atoms with Gasteiger partial charge in [-0.2, -0.15) is 0 Å². The number of nitrogens with zero attached hydrogens (tertiary/aromatic N) is 3. The number of carbonyl (C=O) groups excluding carboxylic acids is 1. The minimum absolute atomic E-state index is 0.263. The number of nitrogens with one attached hydrogen (secondary N) is 2. The van der Waals surface area contributed by atoms with Crippen LogP contribution in [0.25, 0.3) is 0 Å². The van der Waals surface area contributed by atoms with Gasteiger partial charge in [0.1, 0.15) is 11.6 Å². The highest BCUT2D eigenvalue weighted by molar-refractivity contribution is 5.89. The molecular weight excluding hydrogens is 278 g/mol. The van der Waals surface area contributed by atoms with Crippen molar-refractivity contribution >= 4 is 17.5 Å². The van der Waals surface area contributed by atoms with Crippen molar-refractivity contribution in [2.75, 3.05) is 23.3 Å². The maximum absolute atomic E-state index is 11.8. The summed E-state index contributed by atoms with van der Waals surface area (Å²) in [4.78, 5) is 22.8. The summed E-state index contributed by atoms with van der Waals surface area (Å²) < 4.78 is 0. The Morgan fingerprint density at radius 1 is 1.14 bits per heavy atom. The van der Waals surface area contributed by atoms with Crippen LogP contribution in [0.15, 0.2) is 42.6 Å². The van der Waals surface area contributed by atoms with Crippen LogP contribution in [-0.4, -0.2) is 29.1 Å². The van der Waals surface area contributed by atoms with E-state index in [1.54, 1.807) is 6.20 Å². The summed E-state index contributed by atoms with van der Waals surface area (Å²) in [5, 5.41) is 5.54. The Morgan fingerprint density at radius 2 is 1.91 bits per heavy atom. The fourth-order valence-electron chi connectivity index (χ4n) is 2.45. The highest BCUT2D eigenvalue weighted by Gasteiger charge is 2.14. The third kappa shape index (κ3) is 3.72. The molecular formula is C16H19N5O. The molecule has 114 valence electrons. The van der Waals surface area contributed by atoms with Crippen molar-refractivity contribution in [1.29, 1.82) is 0 Å². The van der Waals surface area contributed by atoms with E-state index >= 15 is 0 Å². The van der Waals surface area contributed by atoms with Crippen LogP contribution in [0.4, 0.5) is 16.3 Å². The molecule has 0 saturated carbocycles. The van der Waals surface area contributed by atoms with E-state index in [0.29, 0.717) is 12.4 Å². The number of para-hydroxylation sites is 1. The zero-order valence-corrected chi connectivity index (χ0v) is 12.3. The normalized spacial score (nSPS) is 13.9. The van der Waals surface area contributed by atoms with Crippen molar-refractivity contribution < 1.29 is 4.79 Å². The molecule has 1 fully saturated rings. The van der Waals surface area contributed by atoms with Crippen LogP contribution in [-0.2, 0) is 6.54 Å². The lowest BCUT2D eigenvalue weighted by molar-refractivity contribution is 0.251. The van der Waals surface area contributed by atoms with Gasteiger partial charge in [-0.3, -0.25) is 0 Å². The monoisotopic (exact) mass is 297 g/mol. The first-order valence-electron chi connectivity index (χ1n) is 7.48. The van der Waals surface area contributed by atoms with E-state index in [1.165, 1.54) is 12.8 Å². The molecule has 0 radical (unpaired) electrons. The quantitative estimate of drug-likeness (QED) is 0.909. The molecule has 0 spiro atoms. The van der Waals surface area contributed by atoms with Gasteiger partial charge in [0.05, 0.1) is 6.54 Å². The molecule has 0 atom stereocenters. The lowest BCUT2D eigenvalue weighted by Gasteiger charge is -2.16. The Morgan fingerprint density at radius 3 is 2.68 bits per heavy atom. The number of benzene rings is 1. The van der Waals surface area contributed by atoms with E-state index in [-0.39, 0.29) is 6.03 Å². The van der Waals surface area contributed by atoms with E-state index in [1.807, 2.05) is 36.4 Å². The largest absolute Gasteiger partial charge is 0.357 e. The van der Waals surface area contributed by atoms with E-state index < -0.39 is 0 Å². The SMILES string of the molecule is O=C(NCc1nccc(N2CCCC2)n1)Nc1ccccc1. The smallest absolute Gasteiger partial charge is 0.319 e. The second-order valence-electron chi connectivity index (χ2n) is 5.20. The number of carbonyl (C=O) groups is 1. The zero-order valence-electron chi connectivity index (χ0n) is 12.3. The minimum atomic E-state index is -0.263. The predicted molar refractivity (Wildman–Crippen MR) is 85.8 cm³/mol. The summed E-state index contributed by atoms with van der Waals surface area (Å²) in [5.41, 5.74) is 0.756. The minimum Gasteiger partial charge on any atom is -0.357 e. The Labute approximate surface area is 129 Å². The Bertz CT molecular complexity index is 625. The number of aromatic nitrogens is 2. The van der Waals surface area contributed by atoms with Gasteiger partial charge in [0.15, 0.2) is 0 Å². The molecule has 2 aromatic rings. The standard InChI is InChI=1S/C16H19N5O/c22-16(19-13-6-2-1-3-7-13)18-12-14-17-9-8-15(20-14)21-10-4-5-11-21/h1-3,6-9H,4-5,10-12H2,(H2,18,19,22). The molecule has 1 saturated heterocycles. The molecule has 1 aromatic carbocycles. The van der Waals surface area contributed by atoms with Gasteiger partial charge >= 0.3 is 6.03 Å². The van der Waals surface area contributed by atoms with Crippen LogP contribution < -0.4 is 15.5 Å². The Kier molecular flexibility index (Phi) is 4.48. The van der Waals surface area contributed by atoms with Crippen LogP contribution in [0, 0.1) is 0 Å². The summed E-state index contributed by atoms with van der Waals surface area (Å²) in [7, 11) is 0. The van der Waals surface area contributed by atoms with Crippen LogP contribution in [0.1, 0.15) is 18.7 Å². The zero-order chi connectivity index (χ0) is 15.2. The topological polar surface area (TPSA) is 70.2 Å². The Hall–Kier alpha value is -2.63. The molecule has 0 unspecified atom stereocenters. The van der Waals surface area contributed by atoms with Crippen molar-refractivity contribution in [3.05, 3.63) is 48.4 Å². The van der Waals surface area contributed by atoms with Crippen molar-refractivity contribution in [2.24, 2.45) is 0 Å². The maximum Gasteiger partial charge on any atom is 0.319 e. The summed E-state index contributed by atoms with van der Waals surface area (Å²) in [6.45, 7) is 2.39. The molecule has 2 heterocycles. The Balaban J connectivity index is 1.54. The second kappa shape index (κ2) is 6.89. The number of hydrogen-bond donors (Lipinski definition) is 2. The first-order valence-corrected chi connectivity index (χ1v) is 7.48. The van der Waals surface area contributed by atoms with Crippen molar-refractivity contribution in [2.45, 2.75) is 19.4 Å². The summed E-state index contributed by atoms with van der Waals surface area (Å²) in [6, 6.07) is 11.0. The van der Waals surface area contributed by atoms with E-state index in [2.05, 4.69) is 25.5 Å². The highest BCUT2D eigenvalue weighted by atomic mass is 16.2. The first-order chi connectivity index (χ1) is 10.8. The third-order valence-corrected chi connectivity index (χ3v) is 3.56. The van der Waals surface area contributed by atoms with Gasteiger partial charge in [-0.1, -0.05) is 18.2 Å². The molecule has 22 heavy (non-hydrogen) atoms. The maximum atomic E-state index is 11.8. The molecule has 1 aromatic heterocycles. The van der Waals surface area contributed by atoms with E-state index in [9.17, 15) is 4.79 Å². The molecule has 6 nitrogen and oxygen atoms in total.